The summed E-state index contributed by atoms with van der Waals surface area (Å²) < 4.78 is 6.25. The van der Waals surface area contributed by atoms with E-state index in [9.17, 15) is 0 Å². The maximum Gasteiger partial charge on any atom is 0.133 e. The Morgan fingerprint density at radius 1 is 1.33 bits per heavy atom. The molecule has 1 aromatic rings. The van der Waals surface area contributed by atoms with E-state index in [-0.39, 0.29) is 11.6 Å². The van der Waals surface area contributed by atoms with Crippen LogP contribution in [0, 0.1) is 0 Å². The number of benzene rings is 1. The number of likely N-dealkylation sites (N-methyl/N-ethyl adjacent to an activating group) is 1. The van der Waals surface area contributed by atoms with Crippen LogP contribution in [-0.4, -0.2) is 36.7 Å². The highest BCUT2D eigenvalue weighted by atomic mass is 79.9. The third-order valence-electron chi connectivity index (χ3n) is 4.29. The predicted octanol–water partition coefficient (Wildman–Crippen LogP) is 2.95. The van der Waals surface area contributed by atoms with E-state index in [1.54, 1.807) is 7.11 Å². The number of ether oxygens (including phenoxy) is 1. The van der Waals surface area contributed by atoms with Gasteiger partial charge in [0.15, 0.2) is 0 Å². The minimum absolute atomic E-state index is 0.0232. The minimum atomic E-state index is -0.0232. The van der Waals surface area contributed by atoms with Crippen LogP contribution in [0.15, 0.2) is 22.7 Å². The van der Waals surface area contributed by atoms with Gasteiger partial charge < -0.3 is 4.74 Å². The van der Waals surface area contributed by atoms with Gasteiger partial charge in [0.1, 0.15) is 5.75 Å². The van der Waals surface area contributed by atoms with Crippen molar-refractivity contribution < 1.29 is 4.74 Å². The van der Waals surface area contributed by atoms with Crippen molar-refractivity contribution in [2.75, 3.05) is 20.2 Å². The number of hydrogen-bond acceptors (Lipinski definition) is 4. The standard InChI is InChI=1S/C16H28BrN3O/c1-6-20(7-2)16(3,4)15(19-18)11-12-8-9-14(21-5)13(17)10-12/h8-10,15,19H,6-7,11,18H2,1-5H3. The smallest absolute Gasteiger partial charge is 0.133 e. The maximum absolute atomic E-state index is 5.83. The molecule has 0 heterocycles. The van der Waals surface area contributed by atoms with Crippen LogP contribution < -0.4 is 16.0 Å². The molecule has 0 aliphatic carbocycles. The lowest BCUT2D eigenvalue weighted by molar-refractivity contribution is 0.0912. The van der Waals surface area contributed by atoms with Crippen LogP contribution in [0.4, 0.5) is 0 Å². The zero-order chi connectivity index (χ0) is 16.0. The van der Waals surface area contributed by atoms with Gasteiger partial charge in [0.25, 0.3) is 0 Å². The molecule has 5 heteroatoms. The van der Waals surface area contributed by atoms with Gasteiger partial charge in [-0.25, -0.2) is 0 Å². The van der Waals surface area contributed by atoms with E-state index in [0.717, 1.165) is 29.7 Å². The van der Waals surface area contributed by atoms with Gasteiger partial charge in [0, 0.05) is 11.6 Å². The van der Waals surface area contributed by atoms with Crippen LogP contribution in [-0.2, 0) is 6.42 Å². The van der Waals surface area contributed by atoms with Gasteiger partial charge in [-0.1, -0.05) is 19.9 Å². The molecule has 0 bridgehead atoms. The summed E-state index contributed by atoms with van der Waals surface area (Å²) in [5.41, 5.74) is 4.20. The van der Waals surface area contributed by atoms with Crippen LogP contribution in [0.1, 0.15) is 33.3 Å². The zero-order valence-corrected chi connectivity index (χ0v) is 15.3. The number of hydrazine groups is 1. The Balaban J connectivity index is 2.94. The summed E-state index contributed by atoms with van der Waals surface area (Å²) >= 11 is 3.54. The summed E-state index contributed by atoms with van der Waals surface area (Å²) in [6.45, 7) is 10.9. The number of methoxy groups -OCH3 is 1. The average molecular weight is 358 g/mol. The molecule has 3 N–H and O–H groups in total. The van der Waals surface area contributed by atoms with Crippen molar-refractivity contribution in [3.8, 4) is 5.75 Å². The maximum atomic E-state index is 5.83. The number of nitrogens with one attached hydrogen (secondary N) is 1. The molecule has 1 rings (SSSR count). The van der Waals surface area contributed by atoms with Crippen molar-refractivity contribution >= 4 is 15.9 Å². The fourth-order valence-corrected chi connectivity index (χ4v) is 3.43. The Morgan fingerprint density at radius 2 is 1.95 bits per heavy atom. The highest BCUT2D eigenvalue weighted by Gasteiger charge is 2.33. The lowest BCUT2D eigenvalue weighted by atomic mass is 9.88. The van der Waals surface area contributed by atoms with Crippen molar-refractivity contribution in [1.29, 1.82) is 0 Å². The third-order valence-corrected chi connectivity index (χ3v) is 4.91. The van der Waals surface area contributed by atoms with Crippen molar-refractivity contribution in [3.63, 3.8) is 0 Å². The normalized spacial score (nSPS) is 13.5. The minimum Gasteiger partial charge on any atom is -0.496 e. The van der Waals surface area contributed by atoms with Crippen molar-refractivity contribution in [3.05, 3.63) is 28.2 Å². The molecule has 21 heavy (non-hydrogen) atoms. The molecule has 1 unspecified atom stereocenters. The second kappa shape index (κ2) is 8.13. The number of hydrogen-bond donors (Lipinski definition) is 2. The zero-order valence-electron chi connectivity index (χ0n) is 13.7. The highest BCUT2D eigenvalue weighted by molar-refractivity contribution is 9.10. The lowest BCUT2D eigenvalue weighted by Gasteiger charge is -2.43. The van der Waals surface area contributed by atoms with Crippen molar-refractivity contribution in [2.45, 2.75) is 45.7 Å². The van der Waals surface area contributed by atoms with Gasteiger partial charge in [-0.2, -0.15) is 0 Å². The van der Waals surface area contributed by atoms with E-state index in [1.807, 2.05) is 6.07 Å². The first-order chi connectivity index (χ1) is 9.90. The first-order valence-corrected chi connectivity index (χ1v) is 8.23. The highest BCUT2D eigenvalue weighted by Crippen LogP contribution is 2.28. The molecule has 4 nitrogen and oxygen atoms in total. The van der Waals surface area contributed by atoms with E-state index in [1.165, 1.54) is 5.56 Å². The van der Waals surface area contributed by atoms with Gasteiger partial charge >= 0.3 is 0 Å². The van der Waals surface area contributed by atoms with Crippen molar-refractivity contribution in [2.24, 2.45) is 5.84 Å². The largest absolute Gasteiger partial charge is 0.496 e. The molecule has 0 spiro atoms. The summed E-state index contributed by atoms with van der Waals surface area (Å²) in [5, 5.41) is 0. The predicted molar refractivity (Wildman–Crippen MR) is 92.5 cm³/mol. The molecule has 0 fully saturated rings. The summed E-state index contributed by atoms with van der Waals surface area (Å²) in [6.07, 6.45) is 0.864. The fraction of sp³-hybridized carbons (Fsp3) is 0.625. The Kier molecular flexibility index (Phi) is 7.13. The summed E-state index contributed by atoms with van der Waals surface area (Å²) in [4.78, 5) is 2.43. The number of halogens is 1. The van der Waals surface area contributed by atoms with Gasteiger partial charge in [0.05, 0.1) is 11.6 Å². The van der Waals surface area contributed by atoms with Gasteiger partial charge in [0.2, 0.25) is 0 Å². The van der Waals surface area contributed by atoms with Crippen LogP contribution in [0.5, 0.6) is 5.75 Å². The molecule has 0 saturated heterocycles. The number of rotatable bonds is 8. The van der Waals surface area contributed by atoms with E-state index in [2.05, 4.69) is 66.1 Å². The molecular weight excluding hydrogens is 330 g/mol. The average Bonchev–Trinajstić information content (AvgIpc) is 2.45. The van der Waals surface area contributed by atoms with Crippen molar-refractivity contribution in [1.82, 2.24) is 10.3 Å². The van der Waals surface area contributed by atoms with E-state index < -0.39 is 0 Å². The first kappa shape index (κ1) is 18.4. The molecule has 0 aliphatic heterocycles. The van der Waals surface area contributed by atoms with E-state index >= 15 is 0 Å². The molecule has 1 atom stereocenters. The van der Waals surface area contributed by atoms with Crippen LogP contribution in [0.25, 0.3) is 0 Å². The Bertz CT molecular complexity index is 447. The molecule has 0 radical (unpaired) electrons. The van der Waals surface area contributed by atoms with E-state index in [0.29, 0.717) is 0 Å². The fourth-order valence-electron chi connectivity index (χ4n) is 2.84. The summed E-state index contributed by atoms with van der Waals surface area (Å²) in [5.74, 6) is 6.68. The Labute approximate surface area is 137 Å². The molecule has 0 aromatic heterocycles. The first-order valence-electron chi connectivity index (χ1n) is 7.44. The Morgan fingerprint density at radius 3 is 2.38 bits per heavy atom. The molecule has 120 valence electrons. The summed E-state index contributed by atoms with van der Waals surface area (Å²) in [7, 11) is 1.67. The number of nitrogens with zero attached hydrogens (tertiary/aromatic N) is 1. The lowest BCUT2D eigenvalue weighted by Crippen LogP contribution is -2.60. The van der Waals surface area contributed by atoms with Crippen LogP contribution >= 0.6 is 15.9 Å². The molecular formula is C16H28BrN3O. The molecule has 0 saturated carbocycles. The molecule has 1 aromatic carbocycles. The third kappa shape index (κ3) is 4.42. The SMILES string of the molecule is CCN(CC)C(C)(C)C(Cc1ccc(OC)c(Br)c1)NN. The summed E-state index contributed by atoms with van der Waals surface area (Å²) in [6, 6.07) is 6.34. The quantitative estimate of drug-likeness (QED) is 0.554. The second-order valence-electron chi connectivity index (χ2n) is 5.72. The second-order valence-corrected chi connectivity index (χ2v) is 6.57. The van der Waals surface area contributed by atoms with Crippen LogP contribution in [0.3, 0.4) is 0 Å². The molecule has 0 amide bonds. The van der Waals surface area contributed by atoms with Gasteiger partial charge in [-0.15, -0.1) is 0 Å². The van der Waals surface area contributed by atoms with Gasteiger partial charge in [-0.05, 0) is 67.0 Å². The monoisotopic (exact) mass is 357 g/mol. The van der Waals surface area contributed by atoms with E-state index in [4.69, 9.17) is 10.6 Å². The topological polar surface area (TPSA) is 50.5 Å². The van der Waals surface area contributed by atoms with Crippen LogP contribution in [0.2, 0.25) is 0 Å². The van der Waals surface area contributed by atoms with Gasteiger partial charge in [-0.3, -0.25) is 16.2 Å². The Hall–Kier alpha value is -0.620. The molecule has 0 aliphatic rings. The number of nitrogens with two attached hydrogens (primary N) is 1.